The van der Waals surface area contributed by atoms with E-state index < -0.39 is 30.7 Å². The van der Waals surface area contributed by atoms with Crippen molar-refractivity contribution in [3.63, 3.8) is 0 Å². The zero-order valence-corrected chi connectivity index (χ0v) is 13.2. The van der Waals surface area contributed by atoms with Gasteiger partial charge in [0.15, 0.2) is 5.69 Å². The molecule has 1 rings (SSSR count). The highest BCUT2D eigenvalue weighted by Gasteiger charge is 2.38. The first-order valence-electron chi connectivity index (χ1n) is 5.93. The molecule has 1 aromatic heterocycles. The summed E-state index contributed by atoms with van der Waals surface area (Å²) in [6.45, 7) is 6.79. The highest BCUT2D eigenvalue weighted by Crippen LogP contribution is 2.31. The summed E-state index contributed by atoms with van der Waals surface area (Å²) in [4.78, 5) is 11.0. The van der Waals surface area contributed by atoms with Crippen molar-refractivity contribution < 1.29 is 22.7 Å². The van der Waals surface area contributed by atoms with E-state index in [0.717, 1.165) is 16.9 Å². The lowest BCUT2D eigenvalue weighted by atomic mass is 10.2. The Morgan fingerprint density at radius 3 is 2.45 bits per heavy atom. The molecule has 0 bridgehead atoms. The molecule has 4 nitrogen and oxygen atoms in total. The summed E-state index contributed by atoms with van der Waals surface area (Å²) >= 11 is 5.12. The van der Waals surface area contributed by atoms with E-state index in [1.165, 1.54) is 0 Å². The van der Waals surface area contributed by atoms with Crippen molar-refractivity contribution in [2.75, 3.05) is 6.61 Å². The Labute approximate surface area is 120 Å². The molecule has 0 aliphatic rings. The summed E-state index contributed by atoms with van der Waals surface area (Å²) in [5.41, 5.74) is -1.95. The number of halogens is 4. The van der Waals surface area contributed by atoms with Gasteiger partial charge >= 0.3 is 6.18 Å². The van der Waals surface area contributed by atoms with Crippen LogP contribution < -0.4 is 0 Å². The summed E-state index contributed by atoms with van der Waals surface area (Å²) in [6, 6.07) is 0.891. The average Bonchev–Trinajstić information content (AvgIpc) is 2.67. The molecule has 0 aliphatic heterocycles. The summed E-state index contributed by atoms with van der Waals surface area (Å²) in [5, 5.41) is 2.12. The molecule has 114 valence electrons. The molecule has 9 heteroatoms. The lowest BCUT2D eigenvalue weighted by Crippen LogP contribution is -2.22. The van der Waals surface area contributed by atoms with E-state index in [-0.39, 0.29) is 6.73 Å². The molecule has 0 fully saturated rings. The maximum Gasteiger partial charge on any atom is 0.435 e. The summed E-state index contributed by atoms with van der Waals surface area (Å²) in [5.74, 6) is 0. The lowest BCUT2D eigenvalue weighted by molar-refractivity contribution is -0.142. The van der Waals surface area contributed by atoms with Gasteiger partial charge in [0.1, 0.15) is 6.73 Å². The van der Waals surface area contributed by atoms with Gasteiger partial charge in [0.05, 0.1) is 5.56 Å². The number of hydrogen-bond donors (Lipinski definition) is 0. The number of carbonyl (C=O) groups excluding carboxylic acids is 1. The third-order valence-electron chi connectivity index (χ3n) is 2.46. The first kappa shape index (κ1) is 17.2. The highest BCUT2D eigenvalue weighted by atomic mass is 35.5. The van der Waals surface area contributed by atoms with Crippen LogP contribution in [0.4, 0.5) is 13.2 Å². The minimum Gasteiger partial charge on any atom is -0.360 e. The number of ether oxygens (including phenoxy) is 1. The van der Waals surface area contributed by atoms with Crippen LogP contribution in [0.3, 0.4) is 0 Å². The number of carbonyl (C=O) groups is 1. The largest absolute Gasteiger partial charge is 0.435 e. The van der Waals surface area contributed by atoms with Gasteiger partial charge in [0, 0.05) is 20.9 Å². The zero-order chi connectivity index (χ0) is 15.6. The van der Waals surface area contributed by atoms with Gasteiger partial charge in [-0.1, -0.05) is 19.6 Å². The zero-order valence-electron chi connectivity index (χ0n) is 11.4. The Hall–Kier alpha value is -0.863. The van der Waals surface area contributed by atoms with Crippen molar-refractivity contribution in [2.45, 2.75) is 38.6 Å². The van der Waals surface area contributed by atoms with E-state index in [2.05, 4.69) is 24.7 Å². The van der Waals surface area contributed by atoms with Crippen molar-refractivity contribution in [3.8, 4) is 0 Å². The number of hydrogen-bond acceptors (Lipinski definition) is 3. The lowest BCUT2D eigenvalue weighted by Gasteiger charge is -2.15. The molecule has 1 heterocycles. The second-order valence-electron chi connectivity index (χ2n) is 5.55. The van der Waals surface area contributed by atoms with E-state index in [0.29, 0.717) is 6.61 Å². The minimum absolute atomic E-state index is 0.141. The van der Waals surface area contributed by atoms with E-state index >= 15 is 0 Å². The standard InChI is InChI=1S/C11H16ClF3N2O2Si/c1-20(2,3)5-4-19-7-17-6-8(10(12)18)9(16-17)11(13,14)15/h6H,4-5,7H2,1-3H3. The molecule has 0 saturated carbocycles. The monoisotopic (exact) mass is 328 g/mol. The van der Waals surface area contributed by atoms with Gasteiger partial charge in [0.25, 0.3) is 5.24 Å². The first-order chi connectivity index (χ1) is 9.00. The van der Waals surface area contributed by atoms with Crippen molar-refractivity contribution in [3.05, 3.63) is 17.5 Å². The second kappa shape index (κ2) is 6.27. The van der Waals surface area contributed by atoms with E-state index in [1.54, 1.807) is 0 Å². The van der Waals surface area contributed by atoms with Gasteiger partial charge in [-0.3, -0.25) is 4.79 Å². The maximum atomic E-state index is 12.6. The summed E-state index contributed by atoms with van der Waals surface area (Å²) < 4.78 is 44.1. The SMILES string of the molecule is C[Si](C)(C)CCOCn1cc(C(=O)Cl)c(C(F)(F)F)n1. The fraction of sp³-hybridized carbons (Fsp3) is 0.636. The molecule has 0 unspecified atom stereocenters. The van der Waals surface area contributed by atoms with Crippen LogP contribution in [-0.4, -0.2) is 29.7 Å². The predicted octanol–water partition coefficient (Wildman–Crippen LogP) is 3.59. The Morgan fingerprint density at radius 1 is 1.45 bits per heavy atom. The van der Waals surface area contributed by atoms with Crippen molar-refractivity contribution in [2.24, 2.45) is 0 Å². The van der Waals surface area contributed by atoms with E-state index in [9.17, 15) is 18.0 Å². The Morgan fingerprint density at radius 2 is 2.05 bits per heavy atom. The van der Waals surface area contributed by atoms with Crippen LogP contribution in [0.2, 0.25) is 25.7 Å². The van der Waals surface area contributed by atoms with Gasteiger partial charge in [-0.15, -0.1) is 0 Å². The molecule has 20 heavy (non-hydrogen) atoms. The van der Waals surface area contributed by atoms with Crippen LogP contribution in [0.15, 0.2) is 6.20 Å². The third-order valence-corrected chi connectivity index (χ3v) is 4.37. The van der Waals surface area contributed by atoms with Gasteiger partial charge in [-0.05, 0) is 17.6 Å². The third kappa shape index (κ3) is 5.26. The average molecular weight is 329 g/mol. The van der Waals surface area contributed by atoms with Gasteiger partial charge in [0.2, 0.25) is 0 Å². The Balaban J connectivity index is 2.71. The van der Waals surface area contributed by atoms with Crippen LogP contribution in [-0.2, 0) is 17.6 Å². The summed E-state index contributed by atoms with van der Waals surface area (Å²) in [7, 11) is -1.26. The predicted molar refractivity (Wildman–Crippen MR) is 71.5 cm³/mol. The first-order valence-corrected chi connectivity index (χ1v) is 10.0. The van der Waals surface area contributed by atoms with Crippen LogP contribution in [0.5, 0.6) is 0 Å². The smallest absolute Gasteiger partial charge is 0.360 e. The number of nitrogens with zero attached hydrogens (tertiary/aromatic N) is 2. The van der Waals surface area contributed by atoms with Gasteiger partial charge < -0.3 is 4.74 Å². The van der Waals surface area contributed by atoms with Gasteiger partial charge in [-0.2, -0.15) is 18.3 Å². The Kier molecular flexibility index (Phi) is 5.39. The topological polar surface area (TPSA) is 44.1 Å². The molecule has 0 aliphatic carbocycles. The van der Waals surface area contributed by atoms with Crippen LogP contribution in [0, 0.1) is 0 Å². The molecule has 1 aromatic rings. The fourth-order valence-electron chi connectivity index (χ4n) is 1.38. The van der Waals surface area contributed by atoms with Crippen molar-refractivity contribution in [1.29, 1.82) is 0 Å². The van der Waals surface area contributed by atoms with Crippen LogP contribution in [0.25, 0.3) is 0 Å². The molecule has 0 amide bonds. The number of aromatic nitrogens is 2. The molecule has 0 aromatic carbocycles. The fourth-order valence-corrected chi connectivity index (χ4v) is 2.27. The maximum absolute atomic E-state index is 12.6. The normalized spacial score (nSPS) is 12.8. The molecule has 0 radical (unpaired) electrons. The second-order valence-corrected chi connectivity index (χ2v) is 11.5. The Bertz CT molecular complexity index is 483. The quantitative estimate of drug-likeness (QED) is 0.455. The van der Waals surface area contributed by atoms with Crippen molar-refractivity contribution >= 4 is 24.9 Å². The molecular weight excluding hydrogens is 313 g/mol. The molecule has 0 N–H and O–H groups in total. The van der Waals surface area contributed by atoms with Gasteiger partial charge in [-0.25, -0.2) is 4.68 Å². The minimum atomic E-state index is -4.72. The highest BCUT2D eigenvalue weighted by molar-refractivity contribution is 6.76. The number of alkyl halides is 3. The number of rotatable bonds is 6. The molecular formula is C11H16ClF3N2O2Si. The molecule has 0 saturated heterocycles. The van der Waals surface area contributed by atoms with E-state index in [4.69, 9.17) is 16.3 Å². The molecule has 0 spiro atoms. The van der Waals surface area contributed by atoms with Crippen LogP contribution in [0.1, 0.15) is 16.1 Å². The van der Waals surface area contributed by atoms with Crippen LogP contribution >= 0.6 is 11.6 Å². The molecule has 0 atom stereocenters. The van der Waals surface area contributed by atoms with E-state index in [1.807, 2.05) is 0 Å². The van der Waals surface area contributed by atoms with Crippen molar-refractivity contribution in [1.82, 2.24) is 9.78 Å². The summed E-state index contributed by atoms with van der Waals surface area (Å²) in [6.07, 6.45) is -3.77.